The van der Waals surface area contributed by atoms with Gasteiger partial charge in [0.25, 0.3) is 5.91 Å². The van der Waals surface area contributed by atoms with Gasteiger partial charge in [0.1, 0.15) is 0 Å². The number of aromatic amines is 1. The number of carboxylic acid groups (broad SMARTS) is 1. The van der Waals surface area contributed by atoms with Crippen molar-refractivity contribution >= 4 is 11.9 Å². The van der Waals surface area contributed by atoms with Gasteiger partial charge in [-0.15, -0.1) is 0 Å². The SMILES string of the molecule is CCN(C(=O)c1nc[nH]c1C(=O)O)C1CCCC1. The van der Waals surface area contributed by atoms with Crippen molar-refractivity contribution < 1.29 is 14.7 Å². The molecule has 0 unspecified atom stereocenters. The minimum Gasteiger partial charge on any atom is -0.477 e. The fourth-order valence-corrected chi connectivity index (χ4v) is 2.54. The van der Waals surface area contributed by atoms with Gasteiger partial charge in [-0.05, 0) is 19.8 Å². The summed E-state index contributed by atoms with van der Waals surface area (Å²) in [5.41, 5.74) is -0.118. The van der Waals surface area contributed by atoms with Gasteiger partial charge < -0.3 is 15.0 Å². The van der Waals surface area contributed by atoms with Crippen LogP contribution in [0, 0.1) is 0 Å². The van der Waals surface area contributed by atoms with Crippen LogP contribution in [0.2, 0.25) is 0 Å². The lowest BCUT2D eigenvalue weighted by atomic mass is 10.2. The summed E-state index contributed by atoms with van der Waals surface area (Å²) in [6.45, 7) is 2.48. The van der Waals surface area contributed by atoms with Crippen LogP contribution in [-0.4, -0.2) is 44.4 Å². The second-order valence-electron chi connectivity index (χ2n) is 4.46. The van der Waals surface area contributed by atoms with Crippen LogP contribution in [-0.2, 0) is 0 Å². The third-order valence-corrected chi connectivity index (χ3v) is 3.42. The Morgan fingerprint density at radius 2 is 2.17 bits per heavy atom. The minimum atomic E-state index is -1.15. The fourth-order valence-electron chi connectivity index (χ4n) is 2.54. The van der Waals surface area contributed by atoms with E-state index in [1.165, 1.54) is 6.33 Å². The highest BCUT2D eigenvalue weighted by atomic mass is 16.4. The molecule has 1 heterocycles. The van der Waals surface area contributed by atoms with Crippen LogP contribution in [0.5, 0.6) is 0 Å². The molecule has 6 heteroatoms. The lowest BCUT2D eigenvalue weighted by Crippen LogP contribution is -2.39. The predicted octanol–water partition coefficient (Wildman–Crippen LogP) is 1.51. The van der Waals surface area contributed by atoms with Crippen LogP contribution in [0.3, 0.4) is 0 Å². The summed E-state index contributed by atoms with van der Waals surface area (Å²) in [6.07, 6.45) is 5.49. The van der Waals surface area contributed by atoms with E-state index < -0.39 is 5.97 Å². The zero-order valence-electron chi connectivity index (χ0n) is 10.3. The molecule has 0 aromatic carbocycles. The molecule has 0 radical (unpaired) electrons. The summed E-state index contributed by atoms with van der Waals surface area (Å²) in [5, 5.41) is 8.98. The number of rotatable bonds is 4. The van der Waals surface area contributed by atoms with Gasteiger partial charge in [0.05, 0.1) is 6.33 Å². The number of imidazole rings is 1. The molecule has 1 saturated carbocycles. The molecular formula is C12H17N3O3. The number of carboxylic acids is 1. The molecular weight excluding hydrogens is 234 g/mol. The van der Waals surface area contributed by atoms with E-state index in [-0.39, 0.29) is 23.3 Å². The first-order valence-corrected chi connectivity index (χ1v) is 6.22. The lowest BCUT2D eigenvalue weighted by molar-refractivity contribution is 0.0645. The molecule has 0 spiro atoms. The van der Waals surface area contributed by atoms with Gasteiger partial charge in [-0.1, -0.05) is 12.8 Å². The average molecular weight is 251 g/mol. The van der Waals surface area contributed by atoms with Crippen LogP contribution >= 0.6 is 0 Å². The van der Waals surface area contributed by atoms with Crippen LogP contribution in [0.1, 0.15) is 53.6 Å². The van der Waals surface area contributed by atoms with Crippen molar-refractivity contribution in [2.45, 2.75) is 38.6 Å². The molecule has 0 atom stereocenters. The normalized spacial score (nSPS) is 15.8. The Bertz CT molecular complexity index is 449. The molecule has 18 heavy (non-hydrogen) atoms. The van der Waals surface area contributed by atoms with E-state index >= 15 is 0 Å². The second kappa shape index (κ2) is 5.20. The number of amides is 1. The Labute approximate surface area is 105 Å². The molecule has 1 aliphatic carbocycles. The highest BCUT2D eigenvalue weighted by Gasteiger charge is 2.30. The Morgan fingerprint density at radius 1 is 1.50 bits per heavy atom. The van der Waals surface area contributed by atoms with Crippen molar-refractivity contribution in [3.8, 4) is 0 Å². The molecule has 0 bridgehead atoms. The number of nitrogens with zero attached hydrogens (tertiary/aromatic N) is 2. The van der Waals surface area contributed by atoms with E-state index in [1.54, 1.807) is 4.90 Å². The van der Waals surface area contributed by atoms with Gasteiger partial charge in [-0.2, -0.15) is 0 Å². The Morgan fingerprint density at radius 3 is 2.72 bits per heavy atom. The van der Waals surface area contributed by atoms with E-state index in [0.29, 0.717) is 6.54 Å². The number of carbonyl (C=O) groups excluding carboxylic acids is 1. The zero-order chi connectivity index (χ0) is 13.1. The Balaban J connectivity index is 2.22. The fraction of sp³-hybridized carbons (Fsp3) is 0.583. The first-order chi connectivity index (χ1) is 8.65. The smallest absolute Gasteiger partial charge is 0.354 e. The summed E-state index contributed by atoms with van der Waals surface area (Å²) in [4.78, 5) is 31.4. The van der Waals surface area contributed by atoms with E-state index in [2.05, 4.69) is 9.97 Å². The maximum Gasteiger partial charge on any atom is 0.354 e. The number of H-pyrrole nitrogens is 1. The highest BCUT2D eigenvalue weighted by Crippen LogP contribution is 2.24. The number of carbonyl (C=O) groups is 2. The van der Waals surface area contributed by atoms with Gasteiger partial charge in [0, 0.05) is 12.6 Å². The topological polar surface area (TPSA) is 86.3 Å². The molecule has 2 rings (SSSR count). The van der Waals surface area contributed by atoms with E-state index in [1.807, 2.05) is 6.92 Å². The quantitative estimate of drug-likeness (QED) is 0.849. The van der Waals surface area contributed by atoms with Gasteiger partial charge >= 0.3 is 5.97 Å². The number of aromatic nitrogens is 2. The van der Waals surface area contributed by atoms with Crippen molar-refractivity contribution in [1.29, 1.82) is 0 Å². The number of nitrogens with one attached hydrogen (secondary N) is 1. The lowest BCUT2D eigenvalue weighted by Gasteiger charge is -2.27. The van der Waals surface area contributed by atoms with Gasteiger partial charge in [-0.25, -0.2) is 9.78 Å². The van der Waals surface area contributed by atoms with E-state index in [0.717, 1.165) is 25.7 Å². The maximum absolute atomic E-state index is 12.3. The first kappa shape index (κ1) is 12.6. The van der Waals surface area contributed by atoms with Crippen LogP contribution < -0.4 is 0 Å². The molecule has 98 valence electrons. The molecule has 0 aliphatic heterocycles. The van der Waals surface area contributed by atoms with Crippen molar-refractivity contribution in [2.75, 3.05) is 6.54 Å². The summed E-state index contributed by atoms with van der Waals surface area (Å²) < 4.78 is 0. The van der Waals surface area contributed by atoms with Crippen LogP contribution in [0.15, 0.2) is 6.33 Å². The van der Waals surface area contributed by atoms with Crippen molar-refractivity contribution in [3.63, 3.8) is 0 Å². The summed E-state index contributed by atoms with van der Waals surface area (Å²) in [6, 6.07) is 0.223. The maximum atomic E-state index is 12.3. The van der Waals surface area contributed by atoms with Gasteiger partial charge in [0.2, 0.25) is 0 Å². The summed E-state index contributed by atoms with van der Waals surface area (Å²) in [5.74, 6) is -1.44. The van der Waals surface area contributed by atoms with Crippen LogP contribution in [0.25, 0.3) is 0 Å². The average Bonchev–Trinajstić information content (AvgIpc) is 3.00. The van der Waals surface area contributed by atoms with Crippen molar-refractivity contribution in [3.05, 3.63) is 17.7 Å². The van der Waals surface area contributed by atoms with Crippen LogP contribution in [0.4, 0.5) is 0 Å². The predicted molar refractivity (Wildman–Crippen MR) is 64.5 cm³/mol. The molecule has 1 aromatic rings. The standard InChI is InChI=1S/C12H17N3O3/c1-2-15(8-5-3-4-6-8)11(16)9-10(12(17)18)14-7-13-9/h7-8H,2-6H2,1H3,(H,13,14)(H,17,18). The third kappa shape index (κ3) is 2.23. The Kier molecular flexibility index (Phi) is 3.64. The molecule has 2 N–H and O–H groups in total. The third-order valence-electron chi connectivity index (χ3n) is 3.42. The second-order valence-corrected chi connectivity index (χ2v) is 4.46. The molecule has 0 saturated heterocycles. The first-order valence-electron chi connectivity index (χ1n) is 6.22. The van der Waals surface area contributed by atoms with Crippen molar-refractivity contribution in [1.82, 2.24) is 14.9 Å². The number of hydrogen-bond acceptors (Lipinski definition) is 3. The molecule has 1 aromatic heterocycles. The van der Waals surface area contributed by atoms with Gasteiger partial charge in [0.15, 0.2) is 11.4 Å². The highest BCUT2D eigenvalue weighted by molar-refractivity contribution is 6.02. The summed E-state index contributed by atoms with van der Waals surface area (Å²) in [7, 11) is 0. The molecule has 6 nitrogen and oxygen atoms in total. The minimum absolute atomic E-state index is 0.0104. The largest absolute Gasteiger partial charge is 0.477 e. The van der Waals surface area contributed by atoms with Crippen molar-refractivity contribution in [2.24, 2.45) is 0 Å². The molecule has 1 amide bonds. The van der Waals surface area contributed by atoms with E-state index in [9.17, 15) is 9.59 Å². The monoisotopic (exact) mass is 251 g/mol. The summed E-state index contributed by atoms with van der Waals surface area (Å²) >= 11 is 0. The van der Waals surface area contributed by atoms with Gasteiger partial charge in [-0.3, -0.25) is 4.79 Å². The number of aromatic carboxylic acids is 1. The molecule has 1 aliphatic rings. The molecule has 1 fully saturated rings. The zero-order valence-corrected chi connectivity index (χ0v) is 10.3. The van der Waals surface area contributed by atoms with E-state index in [4.69, 9.17) is 5.11 Å². The Hall–Kier alpha value is -1.85. The number of hydrogen-bond donors (Lipinski definition) is 2.